The molecule has 136 valence electrons. The van der Waals surface area contributed by atoms with Gasteiger partial charge in [0.15, 0.2) is 11.0 Å². The van der Waals surface area contributed by atoms with Crippen molar-refractivity contribution in [2.45, 2.75) is 24.3 Å². The van der Waals surface area contributed by atoms with E-state index in [0.29, 0.717) is 11.3 Å². The minimum absolute atomic E-state index is 0.325. The van der Waals surface area contributed by atoms with Crippen LogP contribution in [0.2, 0.25) is 0 Å². The SMILES string of the molecule is CCc1ccc2c(CSc3nnc(-c4ccccc4)n3C)cc(=O)oc2c1. The van der Waals surface area contributed by atoms with Crippen molar-refractivity contribution in [2.75, 3.05) is 0 Å². The van der Waals surface area contributed by atoms with Gasteiger partial charge in [-0.3, -0.25) is 0 Å². The Labute approximate surface area is 161 Å². The van der Waals surface area contributed by atoms with Crippen molar-refractivity contribution in [1.82, 2.24) is 14.8 Å². The van der Waals surface area contributed by atoms with Crippen LogP contribution in [-0.2, 0) is 19.2 Å². The second-order valence-corrected chi connectivity index (χ2v) is 7.24. The summed E-state index contributed by atoms with van der Waals surface area (Å²) in [6, 6.07) is 17.6. The Balaban J connectivity index is 1.63. The van der Waals surface area contributed by atoms with Crippen molar-refractivity contribution in [3.05, 3.63) is 76.1 Å². The third-order valence-electron chi connectivity index (χ3n) is 4.53. The summed E-state index contributed by atoms with van der Waals surface area (Å²) in [7, 11) is 1.95. The molecule has 0 aliphatic heterocycles. The lowest BCUT2D eigenvalue weighted by molar-refractivity contribution is 0.559. The van der Waals surface area contributed by atoms with E-state index in [4.69, 9.17) is 4.42 Å². The van der Waals surface area contributed by atoms with Crippen molar-refractivity contribution < 1.29 is 4.42 Å². The molecule has 0 amide bonds. The van der Waals surface area contributed by atoms with Crippen LogP contribution in [0, 0.1) is 0 Å². The quantitative estimate of drug-likeness (QED) is 0.380. The summed E-state index contributed by atoms with van der Waals surface area (Å²) in [4.78, 5) is 12.0. The Morgan fingerprint density at radius 1 is 1.07 bits per heavy atom. The lowest BCUT2D eigenvalue weighted by atomic mass is 10.1. The maximum Gasteiger partial charge on any atom is 0.336 e. The Kier molecular flexibility index (Phi) is 4.81. The smallest absolute Gasteiger partial charge is 0.336 e. The standard InChI is InChI=1S/C21H19N3O2S/c1-3-14-9-10-17-16(12-19(25)26-18(17)11-14)13-27-21-23-22-20(24(21)2)15-7-5-4-6-8-15/h4-12H,3,13H2,1-2H3. The van der Waals surface area contributed by atoms with Gasteiger partial charge in [0, 0.05) is 29.8 Å². The van der Waals surface area contributed by atoms with Gasteiger partial charge in [0.1, 0.15) is 5.58 Å². The molecule has 0 radical (unpaired) electrons. The van der Waals surface area contributed by atoms with Gasteiger partial charge >= 0.3 is 5.63 Å². The summed E-state index contributed by atoms with van der Waals surface area (Å²) in [6.45, 7) is 2.08. The molecule has 2 aromatic carbocycles. The third kappa shape index (κ3) is 3.53. The van der Waals surface area contributed by atoms with E-state index in [9.17, 15) is 4.79 Å². The van der Waals surface area contributed by atoms with Crippen LogP contribution < -0.4 is 5.63 Å². The monoisotopic (exact) mass is 377 g/mol. The first-order valence-electron chi connectivity index (χ1n) is 8.79. The molecule has 0 atom stereocenters. The lowest BCUT2D eigenvalue weighted by Crippen LogP contribution is -2.01. The molecular formula is C21H19N3O2S. The largest absolute Gasteiger partial charge is 0.423 e. The van der Waals surface area contributed by atoms with Gasteiger partial charge < -0.3 is 8.98 Å². The van der Waals surface area contributed by atoms with Crippen molar-refractivity contribution in [1.29, 1.82) is 0 Å². The first-order valence-corrected chi connectivity index (χ1v) is 9.77. The summed E-state index contributed by atoms with van der Waals surface area (Å²) in [6.07, 6.45) is 0.903. The Hall–Kier alpha value is -2.86. The van der Waals surface area contributed by atoms with E-state index < -0.39 is 0 Å². The number of rotatable bonds is 5. The molecule has 27 heavy (non-hydrogen) atoms. The molecule has 0 spiro atoms. The molecule has 0 aliphatic rings. The number of benzene rings is 2. The number of fused-ring (bicyclic) bond motifs is 1. The predicted molar refractivity (Wildman–Crippen MR) is 108 cm³/mol. The van der Waals surface area contributed by atoms with Crippen LogP contribution >= 0.6 is 11.8 Å². The van der Waals surface area contributed by atoms with Gasteiger partial charge in [-0.15, -0.1) is 10.2 Å². The minimum atomic E-state index is -0.325. The minimum Gasteiger partial charge on any atom is -0.423 e. The molecule has 0 fully saturated rings. The van der Waals surface area contributed by atoms with Gasteiger partial charge in [-0.05, 0) is 23.6 Å². The fourth-order valence-electron chi connectivity index (χ4n) is 3.04. The normalized spacial score (nSPS) is 11.2. The lowest BCUT2D eigenvalue weighted by Gasteiger charge is -2.07. The van der Waals surface area contributed by atoms with Crippen LogP contribution in [0.25, 0.3) is 22.4 Å². The Bertz CT molecular complexity index is 1150. The molecule has 2 aromatic heterocycles. The number of aryl methyl sites for hydroxylation is 1. The third-order valence-corrected chi connectivity index (χ3v) is 5.60. The van der Waals surface area contributed by atoms with E-state index in [1.165, 1.54) is 0 Å². The first-order chi connectivity index (χ1) is 13.2. The topological polar surface area (TPSA) is 60.9 Å². The Morgan fingerprint density at radius 2 is 1.89 bits per heavy atom. The van der Waals surface area contributed by atoms with Crippen molar-refractivity contribution in [3.63, 3.8) is 0 Å². The molecule has 6 heteroatoms. The molecule has 2 heterocycles. The fraction of sp³-hybridized carbons (Fsp3) is 0.190. The second-order valence-electron chi connectivity index (χ2n) is 6.29. The highest BCUT2D eigenvalue weighted by molar-refractivity contribution is 7.98. The number of nitrogens with zero attached hydrogens (tertiary/aromatic N) is 3. The van der Waals surface area contributed by atoms with Gasteiger partial charge in [0.2, 0.25) is 0 Å². The molecule has 0 aliphatic carbocycles. The maximum absolute atomic E-state index is 12.0. The van der Waals surface area contributed by atoms with Crippen molar-refractivity contribution in [2.24, 2.45) is 7.05 Å². The van der Waals surface area contributed by atoms with E-state index in [0.717, 1.165) is 39.5 Å². The number of hydrogen-bond acceptors (Lipinski definition) is 5. The zero-order valence-corrected chi connectivity index (χ0v) is 16.0. The van der Waals surface area contributed by atoms with E-state index >= 15 is 0 Å². The molecule has 0 bridgehead atoms. The highest BCUT2D eigenvalue weighted by Crippen LogP contribution is 2.28. The van der Waals surface area contributed by atoms with Gasteiger partial charge in [-0.1, -0.05) is 61.2 Å². The average Bonchev–Trinajstić information content (AvgIpc) is 3.06. The fourth-order valence-corrected chi connectivity index (χ4v) is 3.94. The zero-order chi connectivity index (χ0) is 18.8. The van der Waals surface area contributed by atoms with Crippen LogP contribution in [0.3, 0.4) is 0 Å². The number of thioether (sulfide) groups is 1. The van der Waals surface area contributed by atoms with Crippen LogP contribution in [0.1, 0.15) is 18.1 Å². The molecule has 0 unspecified atom stereocenters. The molecular weight excluding hydrogens is 358 g/mol. The molecule has 4 rings (SSSR count). The molecule has 4 aromatic rings. The van der Waals surface area contributed by atoms with Crippen LogP contribution in [0.4, 0.5) is 0 Å². The van der Waals surface area contributed by atoms with Crippen LogP contribution in [-0.4, -0.2) is 14.8 Å². The summed E-state index contributed by atoms with van der Waals surface area (Å²) < 4.78 is 7.36. The average molecular weight is 377 g/mol. The molecule has 0 saturated carbocycles. The zero-order valence-electron chi connectivity index (χ0n) is 15.2. The van der Waals surface area contributed by atoms with E-state index in [1.54, 1.807) is 17.8 Å². The van der Waals surface area contributed by atoms with E-state index in [2.05, 4.69) is 23.2 Å². The second kappa shape index (κ2) is 7.40. The highest BCUT2D eigenvalue weighted by Gasteiger charge is 2.13. The van der Waals surface area contributed by atoms with Crippen molar-refractivity contribution in [3.8, 4) is 11.4 Å². The maximum atomic E-state index is 12.0. The van der Waals surface area contributed by atoms with Gasteiger partial charge in [0.25, 0.3) is 0 Å². The van der Waals surface area contributed by atoms with E-state index in [-0.39, 0.29) is 5.63 Å². The van der Waals surface area contributed by atoms with Gasteiger partial charge in [-0.25, -0.2) is 4.79 Å². The van der Waals surface area contributed by atoms with Gasteiger partial charge in [-0.2, -0.15) is 0 Å². The summed E-state index contributed by atoms with van der Waals surface area (Å²) in [5.74, 6) is 1.44. The number of aromatic nitrogens is 3. The predicted octanol–water partition coefficient (Wildman–Crippen LogP) is 4.44. The van der Waals surface area contributed by atoms with Crippen molar-refractivity contribution >= 4 is 22.7 Å². The first kappa shape index (κ1) is 17.5. The summed E-state index contributed by atoms with van der Waals surface area (Å²) >= 11 is 1.56. The Morgan fingerprint density at radius 3 is 2.67 bits per heavy atom. The van der Waals surface area contributed by atoms with Crippen LogP contribution in [0.5, 0.6) is 0 Å². The summed E-state index contributed by atoms with van der Waals surface area (Å²) in [5, 5.41) is 10.4. The molecule has 5 nitrogen and oxygen atoms in total. The molecule has 0 saturated heterocycles. The summed E-state index contributed by atoms with van der Waals surface area (Å²) in [5.41, 5.74) is 3.43. The molecule has 0 N–H and O–H groups in total. The van der Waals surface area contributed by atoms with Gasteiger partial charge in [0.05, 0.1) is 0 Å². The van der Waals surface area contributed by atoms with Crippen LogP contribution in [0.15, 0.2) is 69.0 Å². The highest BCUT2D eigenvalue weighted by atomic mass is 32.2. The number of hydrogen-bond donors (Lipinski definition) is 0. The van der Waals surface area contributed by atoms with E-state index in [1.807, 2.05) is 54.1 Å².